The second-order valence-corrected chi connectivity index (χ2v) is 5.87. The van der Waals surface area contributed by atoms with Crippen LogP contribution in [-0.2, 0) is 0 Å². The van der Waals surface area contributed by atoms with E-state index in [0.29, 0.717) is 0 Å². The van der Waals surface area contributed by atoms with E-state index in [1.54, 1.807) is 0 Å². The van der Waals surface area contributed by atoms with Crippen LogP contribution in [-0.4, -0.2) is 23.2 Å². The van der Waals surface area contributed by atoms with Gasteiger partial charge in [0.25, 0.3) is 5.91 Å². The van der Waals surface area contributed by atoms with Gasteiger partial charge in [-0.05, 0) is 49.3 Å². The number of halogens is 2. The number of nitrogens with one attached hydrogen (secondary N) is 1. The summed E-state index contributed by atoms with van der Waals surface area (Å²) in [5.41, 5.74) is 0.160. The number of aliphatic hydroxyl groups excluding tert-OH is 1. The molecule has 3 saturated carbocycles. The van der Waals surface area contributed by atoms with E-state index in [0.717, 1.165) is 37.8 Å². The molecule has 2 N–H and O–H groups in total. The van der Waals surface area contributed by atoms with Gasteiger partial charge in [-0.2, -0.15) is 0 Å². The summed E-state index contributed by atoms with van der Waals surface area (Å²) in [6.07, 6.45) is 3.39. The summed E-state index contributed by atoms with van der Waals surface area (Å²) in [6, 6.07) is 3.15. The van der Waals surface area contributed by atoms with E-state index in [2.05, 4.69) is 5.32 Å². The quantitative estimate of drug-likeness (QED) is 0.876. The van der Waals surface area contributed by atoms with Crippen molar-refractivity contribution in [1.29, 1.82) is 0 Å². The Morgan fingerprint density at radius 1 is 1.26 bits per heavy atom. The van der Waals surface area contributed by atoms with Crippen molar-refractivity contribution < 1.29 is 18.7 Å². The number of hydrogen-bond acceptors (Lipinski definition) is 2. The minimum Gasteiger partial charge on any atom is -0.396 e. The van der Waals surface area contributed by atoms with Crippen LogP contribution in [0, 0.1) is 17.0 Å². The van der Waals surface area contributed by atoms with Crippen LogP contribution < -0.4 is 5.32 Å². The molecule has 1 aromatic rings. The lowest BCUT2D eigenvalue weighted by atomic mass is 9.38. The number of aliphatic hydroxyl groups is 1. The zero-order valence-electron chi connectivity index (χ0n) is 10.4. The van der Waals surface area contributed by atoms with Crippen molar-refractivity contribution >= 4 is 5.91 Å². The van der Waals surface area contributed by atoms with Gasteiger partial charge in [-0.1, -0.05) is 0 Å². The average Bonchev–Trinajstić information content (AvgIpc) is 2.28. The standard InChI is InChI=1S/C14H15F2NO2/c15-10-2-1-9(5-11(10)16)12(19)17-14-6-13(7-14,8-14)3-4-18/h1-2,5,18H,3-4,6-8H2,(H,17,19). The van der Waals surface area contributed by atoms with Gasteiger partial charge in [0.1, 0.15) is 0 Å². The van der Waals surface area contributed by atoms with Gasteiger partial charge in [0.2, 0.25) is 0 Å². The zero-order chi connectivity index (χ0) is 13.7. The lowest BCUT2D eigenvalue weighted by Gasteiger charge is -2.71. The second-order valence-electron chi connectivity index (χ2n) is 5.87. The summed E-state index contributed by atoms with van der Waals surface area (Å²) in [5.74, 6) is -2.33. The van der Waals surface area contributed by atoms with Gasteiger partial charge in [-0.15, -0.1) is 0 Å². The molecule has 3 nitrogen and oxygen atoms in total. The fourth-order valence-electron chi connectivity index (χ4n) is 3.58. The van der Waals surface area contributed by atoms with E-state index in [1.165, 1.54) is 6.07 Å². The first-order valence-electron chi connectivity index (χ1n) is 6.36. The summed E-state index contributed by atoms with van der Waals surface area (Å²) in [7, 11) is 0. The fourth-order valence-corrected chi connectivity index (χ4v) is 3.58. The van der Waals surface area contributed by atoms with Crippen LogP contribution in [0.2, 0.25) is 0 Å². The molecule has 0 radical (unpaired) electrons. The molecule has 0 heterocycles. The normalized spacial score (nSPS) is 31.3. The molecule has 4 rings (SSSR count). The van der Waals surface area contributed by atoms with E-state index in [9.17, 15) is 13.6 Å². The molecule has 3 fully saturated rings. The maximum atomic E-state index is 13.1. The number of amides is 1. The first kappa shape index (κ1) is 12.5. The molecular weight excluding hydrogens is 252 g/mol. The van der Waals surface area contributed by atoms with Crippen molar-refractivity contribution in [2.24, 2.45) is 5.41 Å². The van der Waals surface area contributed by atoms with Gasteiger partial charge in [0.15, 0.2) is 11.6 Å². The second kappa shape index (κ2) is 4.00. The summed E-state index contributed by atoms with van der Waals surface area (Å²) in [4.78, 5) is 12.0. The highest BCUT2D eigenvalue weighted by atomic mass is 19.2. The Bertz CT molecular complexity index is 524. The van der Waals surface area contributed by atoms with Crippen LogP contribution in [0.25, 0.3) is 0 Å². The molecule has 0 atom stereocenters. The van der Waals surface area contributed by atoms with Gasteiger partial charge in [-0.3, -0.25) is 4.79 Å². The monoisotopic (exact) mass is 267 g/mol. The van der Waals surface area contributed by atoms with Gasteiger partial charge >= 0.3 is 0 Å². The van der Waals surface area contributed by atoms with E-state index >= 15 is 0 Å². The Hall–Kier alpha value is -1.49. The minimum absolute atomic E-state index is 0.139. The molecule has 1 aromatic carbocycles. The van der Waals surface area contributed by atoms with Crippen molar-refractivity contribution in [3.8, 4) is 0 Å². The van der Waals surface area contributed by atoms with E-state index < -0.39 is 11.6 Å². The lowest BCUT2D eigenvalue weighted by Crippen LogP contribution is -2.74. The first-order valence-corrected chi connectivity index (χ1v) is 6.36. The Balaban J connectivity index is 1.63. The Labute approximate surface area is 109 Å². The molecule has 0 aromatic heterocycles. The van der Waals surface area contributed by atoms with Crippen molar-refractivity contribution in [2.45, 2.75) is 31.2 Å². The van der Waals surface area contributed by atoms with Crippen LogP contribution in [0.5, 0.6) is 0 Å². The summed E-state index contributed by atoms with van der Waals surface area (Å²) >= 11 is 0. The van der Waals surface area contributed by atoms with Gasteiger partial charge in [-0.25, -0.2) is 8.78 Å². The molecule has 3 aliphatic rings. The van der Waals surface area contributed by atoms with E-state index in [4.69, 9.17) is 5.11 Å². The fraction of sp³-hybridized carbons (Fsp3) is 0.500. The third-order valence-electron chi connectivity index (χ3n) is 4.34. The maximum Gasteiger partial charge on any atom is 0.251 e. The Morgan fingerprint density at radius 2 is 1.95 bits per heavy atom. The highest BCUT2D eigenvalue weighted by molar-refractivity contribution is 5.95. The molecule has 0 saturated heterocycles. The molecule has 0 unspecified atom stereocenters. The van der Waals surface area contributed by atoms with Crippen LogP contribution >= 0.6 is 0 Å². The smallest absolute Gasteiger partial charge is 0.251 e. The van der Waals surface area contributed by atoms with Crippen LogP contribution in [0.15, 0.2) is 18.2 Å². The highest BCUT2D eigenvalue weighted by Gasteiger charge is 2.67. The van der Waals surface area contributed by atoms with Gasteiger partial charge < -0.3 is 10.4 Å². The van der Waals surface area contributed by atoms with Crippen molar-refractivity contribution in [1.82, 2.24) is 5.32 Å². The van der Waals surface area contributed by atoms with Crippen molar-refractivity contribution in [3.63, 3.8) is 0 Å². The molecule has 5 heteroatoms. The third kappa shape index (κ3) is 1.92. The van der Waals surface area contributed by atoms with Crippen molar-refractivity contribution in [2.75, 3.05) is 6.61 Å². The summed E-state index contributed by atoms with van der Waals surface area (Å²) in [5, 5.41) is 11.8. The number of carbonyl (C=O) groups excluding carboxylic acids is 1. The molecule has 19 heavy (non-hydrogen) atoms. The molecule has 1 amide bonds. The number of hydrogen-bond donors (Lipinski definition) is 2. The minimum atomic E-state index is -1.01. The Kier molecular flexibility index (Phi) is 2.64. The predicted octanol–water partition coefficient (Wildman–Crippen LogP) is 2.00. The number of carbonyl (C=O) groups is 1. The summed E-state index contributed by atoms with van der Waals surface area (Å²) in [6.45, 7) is 0.174. The Morgan fingerprint density at radius 3 is 2.53 bits per heavy atom. The highest BCUT2D eigenvalue weighted by Crippen LogP contribution is 2.68. The largest absolute Gasteiger partial charge is 0.396 e. The molecule has 2 bridgehead atoms. The van der Waals surface area contributed by atoms with Crippen LogP contribution in [0.1, 0.15) is 36.0 Å². The number of rotatable bonds is 4. The molecule has 0 spiro atoms. The molecular formula is C14H15F2NO2. The molecule has 0 aliphatic heterocycles. The van der Waals surface area contributed by atoms with Crippen LogP contribution in [0.3, 0.4) is 0 Å². The average molecular weight is 267 g/mol. The summed E-state index contributed by atoms with van der Waals surface area (Å²) < 4.78 is 25.8. The van der Waals surface area contributed by atoms with Crippen molar-refractivity contribution in [3.05, 3.63) is 35.4 Å². The van der Waals surface area contributed by atoms with Crippen LogP contribution in [0.4, 0.5) is 8.78 Å². The maximum absolute atomic E-state index is 13.1. The predicted molar refractivity (Wildman–Crippen MR) is 64.5 cm³/mol. The molecule has 102 valence electrons. The van der Waals surface area contributed by atoms with Gasteiger partial charge in [0, 0.05) is 17.7 Å². The topological polar surface area (TPSA) is 49.3 Å². The lowest BCUT2D eigenvalue weighted by molar-refractivity contribution is -0.157. The van der Waals surface area contributed by atoms with E-state index in [1.807, 2.05) is 0 Å². The zero-order valence-corrected chi connectivity index (χ0v) is 10.4. The van der Waals surface area contributed by atoms with Gasteiger partial charge in [0.05, 0.1) is 0 Å². The SMILES string of the molecule is O=C(NC12CC(CCO)(C1)C2)c1ccc(F)c(F)c1. The first-order chi connectivity index (χ1) is 8.98. The molecule has 3 aliphatic carbocycles. The number of benzene rings is 1. The van der Waals surface area contributed by atoms with E-state index in [-0.39, 0.29) is 29.0 Å². The third-order valence-corrected chi connectivity index (χ3v) is 4.34.